The zero-order valence-corrected chi connectivity index (χ0v) is 12.9. The maximum Gasteiger partial charge on any atom is 0.0663 e. The molecule has 4 nitrogen and oxygen atoms in total. The van der Waals surface area contributed by atoms with Gasteiger partial charge in [-0.1, -0.05) is 6.92 Å². The summed E-state index contributed by atoms with van der Waals surface area (Å²) >= 11 is 3.57. The third-order valence-corrected chi connectivity index (χ3v) is 4.44. The molecule has 2 heterocycles. The first kappa shape index (κ1) is 14.0. The molecule has 5 heteroatoms. The summed E-state index contributed by atoms with van der Waals surface area (Å²) in [6.07, 6.45) is 4.50. The monoisotopic (exact) mass is 314 g/mol. The van der Waals surface area contributed by atoms with Crippen molar-refractivity contribution in [2.45, 2.75) is 26.3 Å². The van der Waals surface area contributed by atoms with Crippen molar-refractivity contribution in [1.29, 1.82) is 0 Å². The first-order valence-corrected chi connectivity index (χ1v) is 7.59. The van der Waals surface area contributed by atoms with Gasteiger partial charge < -0.3 is 5.32 Å². The molecule has 0 unspecified atom stereocenters. The van der Waals surface area contributed by atoms with E-state index in [-0.39, 0.29) is 0 Å². The van der Waals surface area contributed by atoms with Crippen LogP contribution in [0.4, 0.5) is 0 Å². The Morgan fingerprint density at radius 2 is 2.17 bits per heavy atom. The Labute approximate surface area is 118 Å². The molecule has 1 fully saturated rings. The van der Waals surface area contributed by atoms with Gasteiger partial charge in [0.2, 0.25) is 0 Å². The highest BCUT2D eigenvalue weighted by Crippen LogP contribution is 2.21. The second-order valence-electron chi connectivity index (χ2n) is 5.09. The predicted octanol–water partition coefficient (Wildman–Crippen LogP) is 2.00. The lowest BCUT2D eigenvalue weighted by Crippen LogP contribution is -2.37. The standard InChI is InChI=1S/C13H23BrN4/c1-3-15-8-11-4-6-18(7-5-11)10-13-12(14)9-16-17(13)2/h9,11,15H,3-8,10H2,1-2H3. The SMILES string of the molecule is CCNCC1CCN(Cc2c(Br)cnn2C)CC1. The third-order valence-electron chi connectivity index (χ3n) is 3.77. The van der Waals surface area contributed by atoms with Gasteiger partial charge in [-0.3, -0.25) is 9.58 Å². The van der Waals surface area contributed by atoms with Crippen molar-refractivity contribution in [3.63, 3.8) is 0 Å². The number of hydrogen-bond donors (Lipinski definition) is 1. The lowest BCUT2D eigenvalue weighted by Gasteiger charge is -2.32. The van der Waals surface area contributed by atoms with E-state index in [4.69, 9.17) is 0 Å². The Hall–Kier alpha value is -0.390. The van der Waals surface area contributed by atoms with Crippen LogP contribution in [-0.2, 0) is 13.6 Å². The first-order chi connectivity index (χ1) is 8.70. The lowest BCUT2D eigenvalue weighted by atomic mass is 9.96. The molecule has 1 aliphatic rings. The zero-order chi connectivity index (χ0) is 13.0. The van der Waals surface area contributed by atoms with Gasteiger partial charge in [-0.2, -0.15) is 5.10 Å². The molecule has 0 bridgehead atoms. The van der Waals surface area contributed by atoms with E-state index in [1.54, 1.807) is 0 Å². The van der Waals surface area contributed by atoms with E-state index in [1.165, 1.54) is 38.2 Å². The average Bonchev–Trinajstić information content (AvgIpc) is 2.70. The smallest absolute Gasteiger partial charge is 0.0663 e. The molecule has 0 spiro atoms. The number of hydrogen-bond acceptors (Lipinski definition) is 3. The number of rotatable bonds is 5. The fourth-order valence-electron chi connectivity index (χ4n) is 2.52. The minimum Gasteiger partial charge on any atom is -0.317 e. The van der Waals surface area contributed by atoms with Crippen LogP contribution < -0.4 is 5.32 Å². The van der Waals surface area contributed by atoms with Gasteiger partial charge in [-0.25, -0.2) is 0 Å². The van der Waals surface area contributed by atoms with Gasteiger partial charge in [-0.15, -0.1) is 0 Å². The Kier molecular flexibility index (Phi) is 5.21. The predicted molar refractivity (Wildman–Crippen MR) is 77.5 cm³/mol. The molecular weight excluding hydrogens is 292 g/mol. The van der Waals surface area contributed by atoms with Crippen LogP contribution in [0.2, 0.25) is 0 Å². The molecule has 0 aromatic carbocycles. The van der Waals surface area contributed by atoms with Crippen LogP contribution >= 0.6 is 15.9 Å². The average molecular weight is 315 g/mol. The molecule has 1 N–H and O–H groups in total. The third kappa shape index (κ3) is 3.56. The van der Waals surface area contributed by atoms with Crippen molar-refractivity contribution in [2.24, 2.45) is 13.0 Å². The minimum absolute atomic E-state index is 0.858. The Morgan fingerprint density at radius 1 is 1.44 bits per heavy atom. The quantitative estimate of drug-likeness (QED) is 0.902. The molecule has 1 aromatic rings. The highest BCUT2D eigenvalue weighted by Gasteiger charge is 2.20. The van der Waals surface area contributed by atoms with Crippen LogP contribution in [0.1, 0.15) is 25.5 Å². The Morgan fingerprint density at radius 3 is 2.72 bits per heavy atom. The van der Waals surface area contributed by atoms with Gasteiger partial charge in [0, 0.05) is 13.6 Å². The molecule has 0 amide bonds. The number of halogens is 1. The zero-order valence-electron chi connectivity index (χ0n) is 11.3. The topological polar surface area (TPSA) is 33.1 Å². The molecule has 1 aliphatic heterocycles. The summed E-state index contributed by atoms with van der Waals surface area (Å²) in [6, 6.07) is 0. The van der Waals surface area contributed by atoms with Crippen LogP contribution in [0.15, 0.2) is 10.7 Å². The van der Waals surface area contributed by atoms with Crippen molar-refractivity contribution in [2.75, 3.05) is 26.2 Å². The van der Waals surface area contributed by atoms with Gasteiger partial charge in [0.15, 0.2) is 0 Å². The van der Waals surface area contributed by atoms with E-state index in [9.17, 15) is 0 Å². The van der Waals surface area contributed by atoms with E-state index < -0.39 is 0 Å². The molecule has 2 rings (SSSR count). The molecule has 18 heavy (non-hydrogen) atoms. The molecule has 1 aromatic heterocycles. The molecule has 0 aliphatic carbocycles. The number of nitrogens with zero attached hydrogens (tertiary/aromatic N) is 3. The van der Waals surface area contributed by atoms with Gasteiger partial charge in [0.25, 0.3) is 0 Å². The fraction of sp³-hybridized carbons (Fsp3) is 0.769. The van der Waals surface area contributed by atoms with Crippen LogP contribution in [0.3, 0.4) is 0 Å². The lowest BCUT2D eigenvalue weighted by molar-refractivity contribution is 0.172. The summed E-state index contributed by atoms with van der Waals surface area (Å²) in [5.74, 6) is 0.858. The largest absolute Gasteiger partial charge is 0.317 e. The van der Waals surface area contributed by atoms with E-state index in [0.29, 0.717) is 0 Å². The molecule has 1 saturated heterocycles. The van der Waals surface area contributed by atoms with Gasteiger partial charge >= 0.3 is 0 Å². The van der Waals surface area contributed by atoms with Gasteiger partial charge in [0.05, 0.1) is 16.4 Å². The Bertz CT molecular complexity index is 350. The van der Waals surface area contributed by atoms with Crippen molar-refractivity contribution in [3.8, 4) is 0 Å². The van der Waals surface area contributed by atoms with Crippen molar-refractivity contribution in [3.05, 3.63) is 16.4 Å². The van der Waals surface area contributed by atoms with Crippen LogP contribution in [0.5, 0.6) is 0 Å². The van der Waals surface area contributed by atoms with Crippen LogP contribution in [0, 0.1) is 5.92 Å². The summed E-state index contributed by atoms with van der Waals surface area (Å²) in [6.45, 7) is 7.85. The summed E-state index contributed by atoms with van der Waals surface area (Å²) in [7, 11) is 2.01. The Balaban J connectivity index is 1.80. The number of likely N-dealkylation sites (tertiary alicyclic amines) is 1. The molecule has 102 valence electrons. The summed E-state index contributed by atoms with van der Waals surface area (Å²) in [4.78, 5) is 2.53. The highest BCUT2D eigenvalue weighted by molar-refractivity contribution is 9.10. The van der Waals surface area contributed by atoms with Gasteiger partial charge in [0.1, 0.15) is 0 Å². The van der Waals surface area contributed by atoms with E-state index >= 15 is 0 Å². The maximum absolute atomic E-state index is 4.27. The number of aryl methyl sites for hydroxylation is 1. The van der Waals surface area contributed by atoms with Crippen molar-refractivity contribution >= 4 is 15.9 Å². The highest BCUT2D eigenvalue weighted by atomic mass is 79.9. The summed E-state index contributed by atoms with van der Waals surface area (Å²) in [5, 5.41) is 7.73. The fourth-order valence-corrected chi connectivity index (χ4v) is 3.00. The van der Waals surface area contributed by atoms with Gasteiger partial charge in [-0.05, 0) is 60.9 Å². The molecular formula is C13H23BrN4. The van der Waals surface area contributed by atoms with Crippen LogP contribution in [-0.4, -0.2) is 40.9 Å². The normalized spacial score (nSPS) is 18.4. The van der Waals surface area contributed by atoms with E-state index in [1.807, 2.05) is 17.9 Å². The first-order valence-electron chi connectivity index (χ1n) is 6.80. The maximum atomic E-state index is 4.27. The van der Waals surface area contributed by atoms with Crippen molar-refractivity contribution in [1.82, 2.24) is 20.0 Å². The van der Waals surface area contributed by atoms with E-state index in [2.05, 4.69) is 38.2 Å². The number of nitrogens with one attached hydrogen (secondary N) is 1. The van der Waals surface area contributed by atoms with E-state index in [0.717, 1.165) is 23.5 Å². The summed E-state index contributed by atoms with van der Waals surface area (Å²) < 4.78 is 3.09. The molecule has 0 radical (unpaired) electrons. The molecule has 0 saturated carbocycles. The summed E-state index contributed by atoms with van der Waals surface area (Å²) in [5.41, 5.74) is 1.28. The number of aromatic nitrogens is 2. The minimum atomic E-state index is 0.858. The second-order valence-corrected chi connectivity index (χ2v) is 5.94. The molecule has 0 atom stereocenters. The van der Waals surface area contributed by atoms with Crippen molar-refractivity contribution < 1.29 is 0 Å². The second kappa shape index (κ2) is 6.68. The number of piperidine rings is 1. The van der Waals surface area contributed by atoms with Crippen LogP contribution in [0.25, 0.3) is 0 Å².